The summed E-state index contributed by atoms with van der Waals surface area (Å²) in [7, 11) is 1.09. The van der Waals surface area contributed by atoms with Crippen LogP contribution in [0.3, 0.4) is 0 Å². The van der Waals surface area contributed by atoms with E-state index in [4.69, 9.17) is 5.11 Å². The number of ether oxygens (including phenoxy) is 1. The Morgan fingerprint density at radius 3 is 2.47 bits per heavy atom. The van der Waals surface area contributed by atoms with Crippen LogP contribution in [0.5, 0.6) is 0 Å². The van der Waals surface area contributed by atoms with E-state index in [1.54, 1.807) is 0 Å². The van der Waals surface area contributed by atoms with Gasteiger partial charge in [0.05, 0.1) is 23.2 Å². The largest absolute Gasteiger partial charge is 0.478 e. The fourth-order valence-electron chi connectivity index (χ4n) is 1.13. The Bertz CT molecular complexity index is 477. The molecule has 0 unspecified atom stereocenters. The van der Waals surface area contributed by atoms with Gasteiger partial charge in [0.1, 0.15) is 4.47 Å². The fraction of sp³-hybridized carbons (Fsp3) is 0.111. The first kappa shape index (κ1) is 13.1. The van der Waals surface area contributed by atoms with Crippen LogP contribution in [0.25, 0.3) is 0 Å². The fourth-order valence-corrected chi connectivity index (χ4v) is 1.68. The lowest BCUT2D eigenvalue weighted by molar-refractivity contribution is -0.385. The summed E-state index contributed by atoms with van der Waals surface area (Å²) >= 11 is 2.81. The number of carbonyl (C=O) groups is 2. The van der Waals surface area contributed by atoms with Crippen molar-refractivity contribution in [3.8, 4) is 0 Å². The first-order chi connectivity index (χ1) is 7.88. The number of rotatable bonds is 3. The predicted molar refractivity (Wildman–Crippen MR) is 59.1 cm³/mol. The highest BCUT2D eigenvalue weighted by Crippen LogP contribution is 2.30. The number of nitro benzene ring substituents is 1. The van der Waals surface area contributed by atoms with E-state index in [1.165, 1.54) is 0 Å². The third-order valence-corrected chi connectivity index (χ3v) is 2.74. The van der Waals surface area contributed by atoms with Crippen LogP contribution < -0.4 is 0 Å². The Labute approximate surface area is 103 Å². The van der Waals surface area contributed by atoms with Gasteiger partial charge in [0.2, 0.25) is 0 Å². The highest BCUT2D eigenvalue weighted by atomic mass is 79.9. The molecule has 0 aliphatic carbocycles. The number of nitrogens with zero attached hydrogens (tertiary/aromatic N) is 1. The maximum atomic E-state index is 11.2. The van der Waals surface area contributed by atoms with Crippen LogP contribution in [-0.2, 0) is 4.74 Å². The topological polar surface area (TPSA) is 107 Å². The van der Waals surface area contributed by atoms with E-state index in [1.807, 2.05) is 0 Å². The SMILES string of the molecule is COC(=O)c1cc(C(=O)O)c(Br)c([N+](=O)[O-])c1. The molecule has 1 aromatic rings. The zero-order valence-electron chi connectivity index (χ0n) is 8.47. The summed E-state index contributed by atoms with van der Waals surface area (Å²) in [6.07, 6.45) is 0. The van der Waals surface area contributed by atoms with Crippen molar-refractivity contribution in [3.05, 3.63) is 37.8 Å². The van der Waals surface area contributed by atoms with Gasteiger partial charge in [-0.2, -0.15) is 0 Å². The van der Waals surface area contributed by atoms with Crippen LogP contribution in [0.2, 0.25) is 0 Å². The molecular weight excluding hydrogens is 298 g/mol. The molecule has 8 heteroatoms. The molecule has 0 atom stereocenters. The highest BCUT2D eigenvalue weighted by Gasteiger charge is 2.23. The first-order valence-corrected chi connectivity index (χ1v) is 4.97. The Morgan fingerprint density at radius 1 is 1.47 bits per heavy atom. The molecule has 0 bridgehead atoms. The third-order valence-electron chi connectivity index (χ3n) is 1.90. The number of aromatic carboxylic acids is 1. The number of methoxy groups -OCH3 is 1. The lowest BCUT2D eigenvalue weighted by Crippen LogP contribution is -2.07. The van der Waals surface area contributed by atoms with Gasteiger partial charge in [0.25, 0.3) is 5.69 Å². The third kappa shape index (κ3) is 2.59. The van der Waals surface area contributed by atoms with Crippen molar-refractivity contribution >= 4 is 33.6 Å². The number of carboxylic acids is 1. The number of hydrogen-bond donors (Lipinski definition) is 1. The Kier molecular flexibility index (Phi) is 3.79. The molecule has 0 saturated carbocycles. The van der Waals surface area contributed by atoms with Crippen LogP contribution in [0.4, 0.5) is 5.69 Å². The summed E-state index contributed by atoms with van der Waals surface area (Å²) < 4.78 is 4.18. The summed E-state index contributed by atoms with van der Waals surface area (Å²) in [6.45, 7) is 0. The Morgan fingerprint density at radius 2 is 2.06 bits per heavy atom. The van der Waals surface area contributed by atoms with Crippen LogP contribution in [-0.4, -0.2) is 29.1 Å². The first-order valence-electron chi connectivity index (χ1n) is 4.18. The molecule has 90 valence electrons. The van der Waals surface area contributed by atoms with E-state index in [9.17, 15) is 19.7 Å². The molecule has 1 N–H and O–H groups in total. The van der Waals surface area contributed by atoms with Crippen LogP contribution in [0.1, 0.15) is 20.7 Å². The van der Waals surface area contributed by atoms with Crippen LogP contribution in [0.15, 0.2) is 16.6 Å². The standard InChI is InChI=1S/C9H6BrNO6/c1-17-9(14)4-2-5(8(12)13)7(10)6(3-4)11(15)16/h2-3H,1H3,(H,12,13). The van der Waals surface area contributed by atoms with Gasteiger partial charge in [0, 0.05) is 6.07 Å². The molecule has 0 aliphatic heterocycles. The summed E-state index contributed by atoms with van der Waals surface area (Å²) in [5.41, 5.74) is -1.08. The van der Waals surface area contributed by atoms with Gasteiger partial charge < -0.3 is 9.84 Å². The van der Waals surface area contributed by atoms with Crippen LogP contribution >= 0.6 is 15.9 Å². The number of esters is 1. The number of carboxylic acid groups (broad SMARTS) is 1. The minimum absolute atomic E-state index is 0.192. The summed E-state index contributed by atoms with van der Waals surface area (Å²) in [5.74, 6) is -2.23. The average Bonchev–Trinajstić information content (AvgIpc) is 2.27. The number of nitro groups is 1. The number of halogens is 1. The van der Waals surface area contributed by atoms with Gasteiger partial charge in [-0.1, -0.05) is 0 Å². The van der Waals surface area contributed by atoms with Gasteiger partial charge in [0.15, 0.2) is 0 Å². The number of hydrogen-bond acceptors (Lipinski definition) is 5. The van der Waals surface area contributed by atoms with Gasteiger partial charge in [-0.25, -0.2) is 9.59 Å². The molecule has 17 heavy (non-hydrogen) atoms. The molecule has 0 heterocycles. The molecule has 0 saturated heterocycles. The normalized spacial score (nSPS) is 9.76. The smallest absolute Gasteiger partial charge is 0.338 e. The average molecular weight is 304 g/mol. The molecule has 0 aromatic heterocycles. The van der Waals surface area contributed by atoms with Crippen LogP contribution in [0, 0.1) is 10.1 Å². The van der Waals surface area contributed by atoms with E-state index in [2.05, 4.69) is 20.7 Å². The van der Waals surface area contributed by atoms with E-state index < -0.39 is 22.5 Å². The maximum absolute atomic E-state index is 11.2. The summed E-state index contributed by atoms with van der Waals surface area (Å²) in [4.78, 5) is 32.0. The molecule has 0 aliphatic rings. The molecule has 1 rings (SSSR count). The molecule has 0 radical (unpaired) electrons. The molecule has 7 nitrogen and oxygen atoms in total. The monoisotopic (exact) mass is 303 g/mol. The predicted octanol–water partition coefficient (Wildman–Crippen LogP) is 1.84. The van der Waals surface area contributed by atoms with E-state index >= 15 is 0 Å². The maximum Gasteiger partial charge on any atom is 0.338 e. The van der Waals surface area contributed by atoms with Crippen molar-refractivity contribution in [2.75, 3.05) is 7.11 Å². The van der Waals surface area contributed by atoms with Crippen molar-refractivity contribution in [2.24, 2.45) is 0 Å². The second kappa shape index (κ2) is 4.91. The zero-order chi connectivity index (χ0) is 13.2. The minimum Gasteiger partial charge on any atom is -0.478 e. The van der Waals surface area contributed by atoms with Gasteiger partial charge in [-0.15, -0.1) is 0 Å². The number of carbonyl (C=O) groups excluding carboxylic acids is 1. The molecule has 0 amide bonds. The minimum atomic E-state index is -1.38. The molecule has 0 spiro atoms. The quantitative estimate of drug-likeness (QED) is 0.518. The summed E-state index contributed by atoms with van der Waals surface area (Å²) in [5, 5.41) is 19.5. The van der Waals surface area contributed by atoms with Gasteiger partial charge in [-0.05, 0) is 22.0 Å². The second-order valence-corrected chi connectivity index (χ2v) is 3.70. The van der Waals surface area contributed by atoms with Gasteiger partial charge in [-0.3, -0.25) is 10.1 Å². The van der Waals surface area contributed by atoms with Crippen molar-refractivity contribution in [3.63, 3.8) is 0 Å². The van der Waals surface area contributed by atoms with E-state index in [-0.39, 0.29) is 15.6 Å². The van der Waals surface area contributed by atoms with Crippen molar-refractivity contribution in [1.82, 2.24) is 0 Å². The number of benzene rings is 1. The van der Waals surface area contributed by atoms with E-state index in [0.29, 0.717) is 0 Å². The molecule has 0 fully saturated rings. The van der Waals surface area contributed by atoms with Crippen molar-refractivity contribution < 1.29 is 24.4 Å². The van der Waals surface area contributed by atoms with E-state index in [0.717, 1.165) is 19.2 Å². The Hall–Kier alpha value is -1.96. The van der Waals surface area contributed by atoms with Crippen molar-refractivity contribution in [2.45, 2.75) is 0 Å². The van der Waals surface area contributed by atoms with Crippen molar-refractivity contribution in [1.29, 1.82) is 0 Å². The highest BCUT2D eigenvalue weighted by molar-refractivity contribution is 9.10. The van der Waals surface area contributed by atoms with Gasteiger partial charge >= 0.3 is 11.9 Å². The summed E-state index contributed by atoms with van der Waals surface area (Å²) in [6, 6.07) is 1.95. The molecular formula is C9H6BrNO6. The second-order valence-electron chi connectivity index (χ2n) is 2.91. The molecule has 1 aromatic carbocycles. The lowest BCUT2D eigenvalue weighted by atomic mass is 10.1. The lowest BCUT2D eigenvalue weighted by Gasteiger charge is -2.04. The zero-order valence-corrected chi connectivity index (χ0v) is 10.1. The Balaban J connectivity index is 3.52.